The van der Waals surface area contributed by atoms with Gasteiger partial charge in [-0.05, 0) is 81.6 Å². The van der Waals surface area contributed by atoms with Gasteiger partial charge in [0.25, 0.3) is 0 Å². The van der Waals surface area contributed by atoms with E-state index in [1.54, 1.807) is 0 Å². The maximum absolute atomic E-state index is 4.88. The number of rotatable bonds is 8. The molecule has 0 fully saturated rings. The predicted octanol–water partition coefficient (Wildman–Crippen LogP) is 10.6. The summed E-state index contributed by atoms with van der Waals surface area (Å²) in [6.45, 7) is 17.2. The van der Waals surface area contributed by atoms with Crippen LogP contribution in [0.25, 0.3) is 0 Å². The number of benzene rings is 1. The minimum atomic E-state index is 0.482. The molecule has 0 aliphatic heterocycles. The highest BCUT2D eigenvalue weighted by atomic mass is 15.2. The number of aliphatic imine (C=N–C) groups is 1. The molecule has 0 spiro atoms. The Morgan fingerprint density at radius 2 is 1.54 bits per heavy atom. The summed E-state index contributed by atoms with van der Waals surface area (Å²) in [6.07, 6.45) is 34.7. The molecule has 3 rings (SSSR count). The topological polar surface area (TPSA) is 15.6 Å². The van der Waals surface area contributed by atoms with E-state index in [1.807, 2.05) is 38.2 Å². The average molecular weight is 529 g/mol. The molecule has 0 aromatic heterocycles. The third-order valence-corrected chi connectivity index (χ3v) is 6.62. The summed E-state index contributed by atoms with van der Waals surface area (Å²) in [5.74, 6) is 1.63. The molecule has 0 amide bonds. The van der Waals surface area contributed by atoms with E-state index in [1.165, 1.54) is 60.8 Å². The second-order valence-electron chi connectivity index (χ2n) is 9.82. The monoisotopic (exact) mass is 528 g/mol. The number of terminal acetylenes is 1. The Morgan fingerprint density at radius 3 is 2.05 bits per heavy atom. The molecule has 2 aliphatic carbocycles. The number of hydrogen-bond acceptors (Lipinski definition) is 1. The zero-order valence-corrected chi connectivity index (χ0v) is 26.1. The van der Waals surface area contributed by atoms with Crippen molar-refractivity contribution >= 4 is 5.84 Å². The lowest BCUT2D eigenvalue weighted by molar-refractivity contribution is 0.414. The summed E-state index contributed by atoms with van der Waals surface area (Å²) in [5, 5.41) is 0. The van der Waals surface area contributed by atoms with Gasteiger partial charge >= 0.3 is 0 Å². The number of nitrogens with zero attached hydrogens (tertiary/aromatic N) is 2. The number of allylic oxidation sites excluding steroid dienone is 9. The summed E-state index contributed by atoms with van der Waals surface area (Å²) in [5.41, 5.74) is 5.91. The fourth-order valence-corrected chi connectivity index (χ4v) is 4.48. The molecule has 0 bridgehead atoms. The Morgan fingerprint density at radius 1 is 0.923 bits per heavy atom. The summed E-state index contributed by atoms with van der Waals surface area (Å²) in [4.78, 5) is 7.30. The minimum absolute atomic E-state index is 0.482. The van der Waals surface area contributed by atoms with E-state index in [2.05, 4.69) is 101 Å². The Kier molecular flexibility index (Phi) is 22.1. The third kappa shape index (κ3) is 14.6. The van der Waals surface area contributed by atoms with Gasteiger partial charge in [-0.2, -0.15) is 0 Å². The second kappa shape index (κ2) is 24.0. The zero-order valence-electron chi connectivity index (χ0n) is 26.1. The Bertz CT molecular complexity index is 950. The molecule has 1 atom stereocenters. The molecule has 2 heteroatoms. The Balaban J connectivity index is 0.00000102. The maximum atomic E-state index is 4.88. The molecule has 2 aliphatic rings. The lowest BCUT2D eigenvalue weighted by atomic mass is 9.75. The average Bonchev–Trinajstić information content (AvgIpc) is 3.00. The van der Waals surface area contributed by atoms with Crippen molar-refractivity contribution in [3.8, 4) is 12.8 Å². The zero-order chi connectivity index (χ0) is 29.3. The largest absolute Gasteiger partial charge is 0.360 e. The van der Waals surface area contributed by atoms with Crippen LogP contribution in [0, 0.1) is 12.8 Å². The van der Waals surface area contributed by atoms with Gasteiger partial charge < -0.3 is 4.90 Å². The SMILES string of the molecule is C#C.C/C=C\C=C/C.CCCC.CCCN(CCC)C(C)=N/C=C1\Cc2ccccc2C(C2=CCCC=C2)C1. The normalized spacial score (nSPS) is 17.3. The number of amidine groups is 1. The van der Waals surface area contributed by atoms with Gasteiger partial charge in [-0.25, -0.2) is 4.99 Å². The summed E-state index contributed by atoms with van der Waals surface area (Å²) >= 11 is 0. The van der Waals surface area contributed by atoms with E-state index in [0.717, 1.165) is 31.8 Å². The van der Waals surface area contributed by atoms with Gasteiger partial charge in [0.15, 0.2) is 0 Å². The van der Waals surface area contributed by atoms with E-state index < -0.39 is 0 Å². The van der Waals surface area contributed by atoms with Crippen LogP contribution in [0.15, 0.2) is 89.1 Å². The maximum Gasteiger partial charge on any atom is 0.101 e. The predicted molar refractivity (Wildman–Crippen MR) is 177 cm³/mol. The van der Waals surface area contributed by atoms with E-state index in [4.69, 9.17) is 4.99 Å². The molecule has 0 heterocycles. The molecular formula is C37H56N2. The number of unbranched alkanes of at least 4 members (excludes halogenated alkanes) is 1. The molecule has 1 aromatic rings. The molecule has 1 aromatic carbocycles. The third-order valence-electron chi connectivity index (χ3n) is 6.62. The first kappa shape index (κ1) is 35.9. The van der Waals surface area contributed by atoms with E-state index in [-0.39, 0.29) is 0 Å². The molecule has 2 nitrogen and oxygen atoms in total. The van der Waals surface area contributed by atoms with Crippen molar-refractivity contribution in [2.75, 3.05) is 13.1 Å². The van der Waals surface area contributed by atoms with Crippen LogP contribution in [0.3, 0.4) is 0 Å². The first-order valence-electron chi connectivity index (χ1n) is 15.0. The first-order chi connectivity index (χ1) is 19.1. The standard InChI is InChI=1S/C25H34N2.C6H10.C4H10.C2H2/c1-4-15-27(16-5-2)20(3)26-19-21-17-23-13-9-10-14-24(23)25(18-21)22-11-7-6-8-12-22;1-3-5-6-4-2;1-3-4-2;1-2/h7,9-14,19,25H,4-6,8,15-18H2,1-3H3;3-6H,1-2H3;3-4H2,1-2H3;1-2H/b21-19+,26-20?;5-3-,6-4-;;. The van der Waals surface area contributed by atoms with Crippen molar-refractivity contribution in [1.82, 2.24) is 4.90 Å². The molecule has 214 valence electrons. The van der Waals surface area contributed by atoms with Gasteiger partial charge in [0.2, 0.25) is 0 Å². The molecule has 39 heavy (non-hydrogen) atoms. The van der Waals surface area contributed by atoms with Crippen LogP contribution >= 0.6 is 0 Å². The van der Waals surface area contributed by atoms with Crippen LogP contribution in [0.1, 0.15) is 110 Å². The molecule has 0 N–H and O–H groups in total. The Labute approximate surface area is 242 Å². The van der Waals surface area contributed by atoms with E-state index in [0.29, 0.717) is 5.92 Å². The minimum Gasteiger partial charge on any atom is -0.360 e. The number of fused-ring (bicyclic) bond motifs is 1. The van der Waals surface area contributed by atoms with Crippen molar-refractivity contribution in [2.24, 2.45) is 4.99 Å². The van der Waals surface area contributed by atoms with Gasteiger partial charge in [-0.3, -0.25) is 0 Å². The van der Waals surface area contributed by atoms with Crippen molar-refractivity contribution < 1.29 is 0 Å². The fraction of sp³-hybridized carbons (Fsp3) is 0.486. The first-order valence-corrected chi connectivity index (χ1v) is 15.0. The lowest BCUT2D eigenvalue weighted by Crippen LogP contribution is -2.30. The summed E-state index contributed by atoms with van der Waals surface area (Å²) in [6, 6.07) is 8.96. The summed E-state index contributed by atoms with van der Waals surface area (Å²) in [7, 11) is 0. The second-order valence-corrected chi connectivity index (χ2v) is 9.82. The highest BCUT2D eigenvalue weighted by molar-refractivity contribution is 5.80. The van der Waals surface area contributed by atoms with Gasteiger partial charge in [-0.1, -0.05) is 107 Å². The quantitative estimate of drug-likeness (QED) is 0.142. The molecule has 0 saturated heterocycles. The smallest absolute Gasteiger partial charge is 0.101 e. The molecule has 0 radical (unpaired) electrons. The Hall–Kier alpha value is -3.05. The fourth-order valence-electron chi connectivity index (χ4n) is 4.48. The van der Waals surface area contributed by atoms with Crippen LogP contribution < -0.4 is 0 Å². The van der Waals surface area contributed by atoms with Crippen LogP contribution in [0.2, 0.25) is 0 Å². The van der Waals surface area contributed by atoms with Crippen molar-refractivity contribution in [3.05, 3.63) is 95.3 Å². The highest BCUT2D eigenvalue weighted by Crippen LogP contribution is 2.40. The lowest BCUT2D eigenvalue weighted by Gasteiger charge is -2.29. The highest BCUT2D eigenvalue weighted by Gasteiger charge is 2.25. The number of hydrogen-bond donors (Lipinski definition) is 0. The van der Waals surface area contributed by atoms with Gasteiger partial charge in [0, 0.05) is 25.2 Å². The van der Waals surface area contributed by atoms with Crippen LogP contribution in [0.4, 0.5) is 0 Å². The molecular weight excluding hydrogens is 472 g/mol. The van der Waals surface area contributed by atoms with Crippen molar-refractivity contribution in [1.29, 1.82) is 0 Å². The van der Waals surface area contributed by atoms with Crippen molar-refractivity contribution in [3.63, 3.8) is 0 Å². The van der Waals surface area contributed by atoms with E-state index in [9.17, 15) is 0 Å². The van der Waals surface area contributed by atoms with Crippen LogP contribution in [-0.2, 0) is 6.42 Å². The van der Waals surface area contributed by atoms with Gasteiger partial charge in [0.05, 0.1) is 0 Å². The van der Waals surface area contributed by atoms with Crippen LogP contribution in [0.5, 0.6) is 0 Å². The van der Waals surface area contributed by atoms with Crippen LogP contribution in [-0.4, -0.2) is 23.8 Å². The van der Waals surface area contributed by atoms with Crippen molar-refractivity contribution in [2.45, 2.75) is 106 Å². The molecule has 0 saturated carbocycles. The molecule has 1 unspecified atom stereocenters. The van der Waals surface area contributed by atoms with E-state index >= 15 is 0 Å². The summed E-state index contributed by atoms with van der Waals surface area (Å²) < 4.78 is 0. The van der Waals surface area contributed by atoms with Gasteiger partial charge in [0.1, 0.15) is 5.84 Å². The van der Waals surface area contributed by atoms with Gasteiger partial charge in [-0.15, -0.1) is 12.8 Å².